The fourth-order valence-electron chi connectivity index (χ4n) is 4.38. The third-order valence-electron chi connectivity index (χ3n) is 6.06. The lowest BCUT2D eigenvalue weighted by Gasteiger charge is -2.31. The van der Waals surface area contributed by atoms with E-state index in [0.29, 0.717) is 0 Å². The van der Waals surface area contributed by atoms with Gasteiger partial charge in [0.05, 0.1) is 5.92 Å². The number of amides is 1. The van der Waals surface area contributed by atoms with Crippen LogP contribution in [0.5, 0.6) is 0 Å². The molecule has 0 aromatic carbocycles. The summed E-state index contributed by atoms with van der Waals surface area (Å²) in [5.74, 6) is 0.222. The molecular formula is C22H31N5OS. The molecule has 0 spiro atoms. The Morgan fingerprint density at radius 2 is 1.97 bits per heavy atom. The average molecular weight is 414 g/mol. The number of aryl methyl sites for hydroxylation is 2. The quantitative estimate of drug-likeness (QED) is 0.722. The molecule has 0 unspecified atom stereocenters. The van der Waals surface area contributed by atoms with Crippen LogP contribution in [0.4, 0.5) is 5.13 Å². The fraction of sp³-hybridized carbons (Fsp3) is 0.591. The highest BCUT2D eigenvalue weighted by molar-refractivity contribution is 7.17. The molecule has 1 aliphatic carbocycles. The average Bonchev–Trinajstić information content (AvgIpc) is 3.35. The van der Waals surface area contributed by atoms with Crippen LogP contribution >= 0.6 is 11.3 Å². The van der Waals surface area contributed by atoms with Gasteiger partial charge >= 0.3 is 0 Å². The second kappa shape index (κ2) is 9.11. The van der Waals surface area contributed by atoms with Gasteiger partial charge in [0, 0.05) is 31.0 Å². The monoisotopic (exact) mass is 413 g/mol. The first-order valence-electron chi connectivity index (χ1n) is 10.8. The normalized spacial score (nSPS) is 19.9. The molecule has 1 amide bonds. The van der Waals surface area contributed by atoms with E-state index in [1.165, 1.54) is 31.3 Å². The van der Waals surface area contributed by atoms with Gasteiger partial charge in [-0.25, -0.2) is 0 Å². The molecule has 156 valence electrons. The summed E-state index contributed by atoms with van der Waals surface area (Å²) < 4.78 is 2.13. The van der Waals surface area contributed by atoms with Crippen molar-refractivity contribution in [3.05, 3.63) is 35.2 Å². The van der Waals surface area contributed by atoms with Crippen molar-refractivity contribution in [3.8, 4) is 5.13 Å². The van der Waals surface area contributed by atoms with Crippen LogP contribution in [-0.2, 0) is 4.79 Å². The number of nitrogens with zero attached hydrogens (tertiary/aromatic N) is 4. The molecule has 1 atom stereocenters. The zero-order valence-electron chi connectivity index (χ0n) is 17.5. The van der Waals surface area contributed by atoms with Crippen LogP contribution in [0.1, 0.15) is 56.3 Å². The molecule has 1 N–H and O–H groups in total. The first-order chi connectivity index (χ1) is 14.1. The zero-order valence-corrected chi connectivity index (χ0v) is 18.3. The van der Waals surface area contributed by atoms with Gasteiger partial charge in [-0.15, -0.1) is 10.2 Å². The molecule has 1 saturated heterocycles. The van der Waals surface area contributed by atoms with Crippen molar-refractivity contribution in [1.29, 1.82) is 0 Å². The molecule has 6 nitrogen and oxygen atoms in total. The van der Waals surface area contributed by atoms with Crippen LogP contribution in [0.15, 0.2) is 23.8 Å². The molecule has 0 saturated carbocycles. The summed E-state index contributed by atoms with van der Waals surface area (Å²) in [6, 6.07) is 4.20. The number of hydrogen-bond donors (Lipinski definition) is 1. The molecule has 1 aliphatic heterocycles. The lowest BCUT2D eigenvalue weighted by Crippen LogP contribution is -2.43. The van der Waals surface area contributed by atoms with E-state index in [1.54, 1.807) is 11.3 Å². The van der Waals surface area contributed by atoms with Crippen molar-refractivity contribution in [2.45, 2.75) is 58.8 Å². The standard InChI is InChI=1S/C22H31N5OS/c1-16-10-11-17(2)27(16)22-25-24-21(29-22)26-14-6-9-19(15-26)20(28)23-13-12-18-7-4-3-5-8-18/h7,10-11,19H,3-6,8-9,12-15H2,1-2H3,(H,23,28)/t19-/m0/s1. The van der Waals surface area contributed by atoms with Gasteiger partial charge in [0.2, 0.25) is 16.2 Å². The topological polar surface area (TPSA) is 63.1 Å². The van der Waals surface area contributed by atoms with E-state index in [1.807, 2.05) is 0 Å². The van der Waals surface area contributed by atoms with E-state index >= 15 is 0 Å². The summed E-state index contributed by atoms with van der Waals surface area (Å²) in [5, 5.41) is 13.8. The van der Waals surface area contributed by atoms with Crippen LogP contribution in [-0.4, -0.2) is 40.3 Å². The van der Waals surface area contributed by atoms with Gasteiger partial charge in [-0.2, -0.15) is 0 Å². The smallest absolute Gasteiger partial charge is 0.224 e. The van der Waals surface area contributed by atoms with Gasteiger partial charge in [-0.05, 0) is 70.9 Å². The molecule has 4 rings (SSSR count). The third-order valence-corrected chi connectivity index (χ3v) is 7.03. The van der Waals surface area contributed by atoms with Crippen LogP contribution in [0.2, 0.25) is 0 Å². The van der Waals surface area contributed by atoms with E-state index in [4.69, 9.17) is 0 Å². The minimum absolute atomic E-state index is 0.0338. The lowest BCUT2D eigenvalue weighted by atomic mass is 9.96. The van der Waals surface area contributed by atoms with Gasteiger partial charge in [0.15, 0.2) is 0 Å². The van der Waals surface area contributed by atoms with E-state index < -0.39 is 0 Å². The molecule has 2 aliphatic rings. The number of allylic oxidation sites excluding steroid dienone is 1. The van der Waals surface area contributed by atoms with Crippen molar-refractivity contribution in [3.63, 3.8) is 0 Å². The van der Waals surface area contributed by atoms with E-state index in [2.05, 4.69) is 57.0 Å². The highest BCUT2D eigenvalue weighted by Gasteiger charge is 2.27. The number of aromatic nitrogens is 3. The first-order valence-corrected chi connectivity index (χ1v) is 11.6. The second-order valence-electron chi connectivity index (χ2n) is 8.25. The Hall–Kier alpha value is -2.15. The summed E-state index contributed by atoms with van der Waals surface area (Å²) in [7, 11) is 0. The molecular weight excluding hydrogens is 382 g/mol. The summed E-state index contributed by atoms with van der Waals surface area (Å²) in [6.45, 7) is 6.59. The minimum atomic E-state index is 0.0338. The number of carbonyl (C=O) groups is 1. The van der Waals surface area contributed by atoms with Crippen LogP contribution in [0.25, 0.3) is 5.13 Å². The molecule has 3 heterocycles. The maximum Gasteiger partial charge on any atom is 0.224 e. The van der Waals surface area contributed by atoms with Crippen LogP contribution < -0.4 is 10.2 Å². The van der Waals surface area contributed by atoms with Crippen LogP contribution in [0, 0.1) is 19.8 Å². The molecule has 0 radical (unpaired) electrons. The second-order valence-corrected chi connectivity index (χ2v) is 9.19. The number of anilines is 1. The third kappa shape index (κ3) is 4.71. The number of carbonyl (C=O) groups excluding carboxylic acids is 1. The fourth-order valence-corrected chi connectivity index (χ4v) is 5.38. The Bertz CT molecular complexity index is 864. The van der Waals surface area contributed by atoms with Gasteiger partial charge in [-0.1, -0.05) is 23.0 Å². The number of piperidine rings is 1. The highest BCUT2D eigenvalue weighted by atomic mass is 32.1. The molecule has 29 heavy (non-hydrogen) atoms. The molecule has 2 aromatic rings. The van der Waals surface area contributed by atoms with E-state index in [-0.39, 0.29) is 11.8 Å². The van der Waals surface area contributed by atoms with Gasteiger partial charge < -0.3 is 10.2 Å². The number of nitrogens with one attached hydrogen (secondary N) is 1. The predicted octanol–water partition coefficient (Wildman–Crippen LogP) is 4.17. The summed E-state index contributed by atoms with van der Waals surface area (Å²) in [6.07, 6.45) is 10.3. The Morgan fingerprint density at radius 1 is 1.17 bits per heavy atom. The van der Waals surface area contributed by atoms with Crippen molar-refractivity contribution in [2.75, 3.05) is 24.5 Å². The highest BCUT2D eigenvalue weighted by Crippen LogP contribution is 2.29. The van der Waals surface area contributed by atoms with Gasteiger partial charge in [0.1, 0.15) is 0 Å². The zero-order chi connectivity index (χ0) is 20.2. The van der Waals surface area contributed by atoms with E-state index in [9.17, 15) is 4.79 Å². The van der Waals surface area contributed by atoms with Crippen molar-refractivity contribution in [2.24, 2.45) is 5.92 Å². The largest absolute Gasteiger partial charge is 0.355 e. The summed E-state index contributed by atoms with van der Waals surface area (Å²) in [4.78, 5) is 14.9. The molecule has 2 aromatic heterocycles. The maximum absolute atomic E-state index is 12.7. The van der Waals surface area contributed by atoms with Crippen molar-refractivity contribution in [1.82, 2.24) is 20.1 Å². The summed E-state index contributed by atoms with van der Waals surface area (Å²) >= 11 is 1.60. The van der Waals surface area contributed by atoms with Gasteiger partial charge in [0.25, 0.3) is 0 Å². The summed E-state index contributed by atoms with van der Waals surface area (Å²) in [5.41, 5.74) is 3.84. The maximum atomic E-state index is 12.7. The van der Waals surface area contributed by atoms with Crippen LogP contribution in [0.3, 0.4) is 0 Å². The molecule has 7 heteroatoms. The number of hydrogen-bond acceptors (Lipinski definition) is 5. The Labute approximate surface area is 177 Å². The first kappa shape index (κ1) is 20.1. The van der Waals surface area contributed by atoms with Gasteiger partial charge in [-0.3, -0.25) is 9.36 Å². The van der Waals surface area contributed by atoms with Crippen molar-refractivity contribution < 1.29 is 4.79 Å². The predicted molar refractivity (Wildman–Crippen MR) is 118 cm³/mol. The minimum Gasteiger partial charge on any atom is -0.355 e. The van der Waals surface area contributed by atoms with Crippen molar-refractivity contribution >= 4 is 22.4 Å². The Kier molecular flexibility index (Phi) is 6.33. The van der Waals surface area contributed by atoms with E-state index in [0.717, 1.165) is 60.5 Å². The lowest BCUT2D eigenvalue weighted by molar-refractivity contribution is -0.125. The molecule has 1 fully saturated rings. The number of rotatable bonds is 6. The Balaban J connectivity index is 1.33. The Morgan fingerprint density at radius 3 is 2.72 bits per heavy atom. The molecule has 0 bridgehead atoms. The SMILES string of the molecule is Cc1ccc(C)n1-c1nnc(N2CCC[C@H](C(=O)NCCC3=CCCCC3)C2)s1.